The number of benzene rings is 1. The molecule has 0 fully saturated rings. The van der Waals surface area contributed by atoms with Gasteiger partial charge >= 0.3 is 0 Å². The first-order valence-corrected chi connectivity index (χ1v) is 21.7. The van der Waals surface area contributed by atoms with Gasteiger partial charge in [-0.25, -0.2) is 0 Å². The lowest BCUT2D eigenvalue weighted by molar-refractivity contribution is 0.215. The molecule has 3 rings (SSSR count). The SMILES string of the molecule is Cc1cc2c(C#C[Si](CC(C)C)(CC(C)C)CC(C)C)c3sc(C)cc3c(C#CC(CC(C)C)(CC(C)C)CC(C)C)c2s1. The topological polar surface area (TPSA) is 0 Å². The molecule has 0 bridgehead atoms. The second kappa shape index (κ2) is 15.4. The van der Waals surface area contributed by atoms with Gasteiger partial charge in [0.1, 0.15) is 8.07 Å². The van der Waals surface area contributed by atoms with E-state index in [9.17, 15) is 0 Å². The van der Waals surface area contributed by atoms with Crippen molar-refractivity contribution in [1.82, 2.24) is 0 Å². The lowest BCUT2D eigenvalue weighted by Crippen LogP contribution is -2.37. The Bertz CT molecular complexity index is 1300. The number of fused-ring (bicyclic) bond motifs is 2. The second-order valence-corrected chi connectivity index (χ2v) is 23.1. The molecule has 0 radical (unpaired) electrons. The van der Waals surface area contributed by atoms with Crippen LogP contribution in [0.4, 0.5) is 0 Å². The molecule has 0 unspecified atom stereocenters. The quantitative estimate of drug-likeness (QED) is 0.136. The van der Waals surface area contributed by atoms with Crippen LogP contribution in [0, 0.1) is 78.1 Å². The molecule has 1 aromatic carbocycles. The average Bonchev–Trinajstić information content (AvgIpc) is 3.40. The molecule has 3 aromatic rings. The van der Waals surface area contributed by atoms with Crippen LogP contribution < -0.4 is 0 Å². The third kappa shape index (κ3) is 9.74. The van der Waals surface area contributed by atoms with Gasteiger partial charge in [0, 0.05) is 25.9 Å². The molecule has 242 valence electrons. The molecular formula is C41H62S2Si. The number of hydrogen-bond donors (Lipinski definition) is 0. The molecule has 2 aromatic heterocycles. The first-order chi connectivity index (χ1) is 20.4. The summed E-state index contributed by atoms with van der Waals surface area (Å²) in [6, 6.07) is 8.69. The van der Waals surface area contributed by atoms with E-state index in [0.717, 1.165) is 19.3 Å². The Kier molecular flexibility index (Phi) is 12.9. The van der Waals surface area contributed by atoms with E-state index in [1.807, 2.05) is 22.7 Å². The van der Waals surface area contributed by atoms with Crippen LogP contribution >= 0.6 is 22.7 Å². The molecule has 0 aliphatic rings. The van der Waals surface area contributed by atoms with Crippen molar-refractivity contribution < 1.29 is 0 Å². The molecule has 0 aliphatic heterocycles. The average molecular weight is 647 g/mol. The Balaban J connectivity index is 2.36. The fourth-order valence-corrected chi connectivity index (χ4v) is 16.1. The summed E-state index contributed by atoms with van der Waals surface area (Å²) in [5.41, 5.74) is 6.71. The highest BCUT2D eigenvalue weighted by molar-refractivity contribution is 7.21. The second-order valence-electron chi connectivity index (χ2n) is 16.6. The van der Waals surface area contributed by atoms with E-state index >= 15 is 0 Å². The molecule has 0 N–H and O–H groups in total. The van der Waals surface area contributed by atoms with Gasteiger partial charge in [-0.2, -0.15) is 0 Å². The van der Waals surface area contributed by atoms with Crippen molar-refractivity contribution in [2.45, 2.75) is 134 Å². The summed E-state index contributed by atoms with van der Waals surface area (Å²) in [5.74, 6) is 15.8. The summed E-state index contributed by atoms with van der Waals surface area (Å²) in [6.07, 6.45) is 3.48. The van der Waals surface area contributed by atoms with E-state index in [1.165, 1.54) is 59.2 Å². The smallest absolute Gasteiger partial charge is 0.139 e. The molecule has 0 spiro atoms. The molecule has 3 heteroatoms. The predicted molar refractivity (Wildman–Crippen MR) is 206 cm³/mol. The minimum Gasteiger partial charge on any atom is -0.139 e. The van der Waals surface area contributed by atoms with Crippen LogP contribution in [-0.2, 0) is 0 Å². The van der Waals surface area contributed by atoms with E-state index < -0.39 is 8.07 Å². The van der Waals surface area contributed by atoms with E-state index in [0.29, 0.717) is 35.5 Å². The molecule has 0 saturated carbocycles. The molecule has 0 atom stereocenters. The monoisotopic (exact) mass is 646 g/mol. The van der Waals surface area contributed by atoms with Crippen molar-refractivity contribution in [2.24, 2.45) is 40.9 Å². The van der Waals surface area contributed by atoms with Crippen molar-refractivity contribution >= 4 is 50.9 Å². The van der Waals surface area contributed by atoms with Gasteiger partial charge in [-0.05, 0) is 98.9 Å². The lowest BCUT2D eigenvalue weighted by Gasteiger charge is -2.34. The zero-order valence-electron chi connectivity index (χ0n) is 30.7. The Morgan fingerprint density at radius 3 is 1.27 bits per heavy atom. The summed E-state index contributed by atoms with van der Waals surface area (Å²) in [5, 5.41) is 2.66. The van der Waals surface area contributed by atoms with Gasteiger partial charge in [-0.1, -0.05) is 101 Å². The fraction of sp³-hybridized carbons (Fsp3) is 0.659. The highest BCUT2D eigenvalue weighted by Gasteiger charge is 2.34. The lowest BCUT2D eigenvalue weighted by atomic mass is 9.70. The number of thiophene rings is 2. The van der Waals surface area contributed by atoms with Crippen molar-refractivity contribution in [2.75, 3.05) is 0 Å². The van der Waals surface area contributed by atoms with E-state index in [-0.39, 0.29) is 5.41 Å². The van der Waals surface area contributed by atoms with Crippen LogP contribution in [0.3, 0.4) is 0 Å². The molecule has 2 heterocycles. The highest BCUT2D eigenvalue weighted by atomic mass is 32.1. The van der Waals surface area contributed by atoms with Crippen LogP contribution in [0.25, 0.3) is 20.2 Å². The summed E-state index contributed by atoms with van der Waals surface area (Å²) < 4.78 is 2.70. The standard InChI is InChI=1S/C41H62S2Si/c1-27(2)21-41(22-28(3)4,23-29(5)6)17-15-35-37-19-33(13)43-40(37)36(38-20-34(14)42-39(35)38)16-18-44(24-30(7)8,25-31(9)10)26-32(11)12/h19-20,27-32H,21-26H2,1-14H3. The van der Waals surface area contributed by atoms with Gasteiger partial charge in [0.25, 0.3) is 0 Å². The molecule has 0 aliphatic carbocycles. The third-order valence-corrected chi connectivity index (χ3v) is 16.0. The zero-order valence-corrected chi connectivity index (χ0v) is 33.3. The van der Waals surface area contributed by atoms with Crippen molar-refractivity contribution in [1.29, 1.82) is 0 Å². The van der Waals surface area contributed by atoms with Gasteiger partial charge in [0.05, 0.1) is 20.5 Å². The van der Waals surface area contributed by atoms with E-state index in [2.05, 4.69) is 132 Å². The number of aryl methyl sites for hydroxylation is 2. The summed E-state index contributed by atoms with van der Waals surface area (Å²) in [7, 11) is -1.81. The molecule has 0 saturated heterocycles. The first-order valence-electron chi connectivity index (χ1n) is 17.5. The van der Waals surface area contributed by atoms with Crippen molar-refractivity contribution in [3.8, 4) is 23.3 Å². The predicted octanol–water partition coefficient (Wildman–Crippen LogP) is 13.5. The van der Waals surface area contributed by atoms with Gasteiger partial charge in [0.15, 0.2) is 0 Å². The minimum atomic E-state index is -1.81. The molecular weight excluding hydrogens is 585 g/mol. The van der Waals surface area contributed by atoms with Gasteiger partial charge in [-0.3, -0.25) is 0 Å². The normalized spacial score (nSPS) is 12.8. The Morgan fingerprint density at radius 2 is 0.932 bits per heavy atom. The number of hydrogen-bond acceptors (Lipinski definition) is 2. The Hall–Kier alpha value is -1.52. The maximum atomic E-state index is 4.15. The maximum Gasteiger partial charge on any atom is 0.139 e. The van der Waals surface area contributed by atoms with Crippen molar-refractivity contribution in [3.63, 3.8) is 0 Å². The van der Waals surface area contributed by atoms with Crippen LogP contribution in [0.5, 0.6) is 0 Å². The summed E-state index contributed by atoms with van der Waals surface area (Å²) >= 11 is 3.84. The Labute approximate surface area is 281 Å². The number of rotatable bonds is 12. The van der Waals surface area contributed by atoms with Crippen LogP contribution in [0.15, 0.2) is 12.1 Å². The maximum absolute atomic E-state index is 4.15. The van der Waals surface area contributed by atoms with Crippen LogP contribution in [0.1, 0.15) is 123 Å². The van der Waals surface area contributed by atoms with E-state index in [1.54, 1.807) is 0 Å². The largest absolute Gasteiger partial charge is 0.139 e. The first kappa shape index (κ1) is 36.9. The fourth-order valence-electron chi connectivity index (χ4n) is 8.15. The van der Waals surface area contributed by atoms with Gasteiger partial charge in [-0.15, -0.1) is 28.2 Å². The van der Waals surface area contributed by atoms with Gasteiger partial charge in [0.2, 0.25) is 0 Å². The molecule has 44 heavy (non-hydrogen) atoms. The Morgan fingerprint density at radius 1 is 0.568 bits per heavy atom. The highest BCUT2D eigenvalue weighted by Crippen LogP contribution is 2.43. The summed E-state index contributed by atoms with van der Waals surface area (Å²) in [4.78, 5) is 2.71. The van der Waals surface area contributed by atoms with Crippen LogP contribution in [-0.4, -0.2) is 8.07 Å². The third-order valence-electron chi connectivity index (χ3n) is 8.40. The van der Waals surface area contributed by atoms with Crippen LogP contribution in [0.2, 0.25) is 18.1 Å². The van der Waals surface area contributed by atoms with E-state index in [4.69, 9.17) is 0 Å². The zero-order chi connectivity index (χ0) is 33.0. The minimum absolute atomic E-state index is 0.0424. The van der Waals surface area contributed by atoms with Gasteiger partial charge < -0.3 is 0 Å². The molecule has 0 nitrogen and oxygen atoms in total. The molecule has 0 amide bonds. The van der Waals surface area contributed by atoms with Crippen molar-refractivity contribution in [3.05, 3.63) is 33.0 Å². The summed E-state index contributed by atoms with van der Waals surface area (Å²) in [6.45, 7) is 33.1.